The first-order valence-electron chi connectivity index (χ1n) is 5.00. The fraction of sp³-hybridized carbons (Fsp3) is 0.364. The number of nitrogens with one attached hydrogen (secondary N) is 1. The van der Waals surface area contributed by atoms with Crippen LogP contribution in [0.15, 0.2) is 18.2 Å². The lowest BCUT2D eigenvalue weighted by Gasteiger charge is -2.04. The van der Waals surface area contributed by atoms with E-state index < -0.39 is 6.09 Å². The molecular formula is C11H13NO4. The van der Waals surface area contributed by atoms with Crippen LogP contribution in [0.5, 0.6) is 11.5 Å². The van der Waals surface area contributed by atoms with Crippen LogP contribution in [0.25, 0.3) is 0 Å². The molecule has 0 saturated carbocycles. The number of carbonyl (C=O) groups is 1. The number of alkyl carbamates (subject to hydrolysis) is 1. The standard InChI is InChI=1S/C11H13NO4/c1-14-11(13)12-5-4-8-2-3-9-10(6-8)16-7-15-9/h2-3,6H,4-5,7H2,1H3,(H,12,13). The number of methoxy groups -OCH3 is 1. The molecule has 0 spiro atoms. The van der Waals surface area contributed by atoms with Crippen molar-refractivity contribution in [3.8, 4) is 11.5 Å². The van der Waals surface area contributed by atoms with Gasteiger partial charge in [0.15, 0.2) is 11.5 Å². The van der Waals surface area contributed by atoms with E-state index in [9.17, 15) is 4.79 Å². The quantitative estimate of drug-likeness (QED) is 0.839. The summed E-state index contributed by atoms with van der Waals surface area (Å²) in [4.78, 5) is 10.8. The predicted molar refractivity (Wildman–Crippen MR) is 56.7 cm³/mol. The van der Waals surface area contributed by atoms with Crippen molar-refractivity contribution in [3.63, 3.8) is 0 Å². The molecule has 5 heteroatoms. The molecule has 0 unspecified atom stereocenters. The average molecular weight is 223 g/mol. The maximum absolute atomic E-state index is 10.8. The van der Waals surface area contributed by atoms with Crippen molar-refractivity contribution in [2.75, 3.05) is 20.4 Å². The van der Waals surface area contributed by atoms with Gasteiger partial charge >= 0.3 is 6.09 Å². The Kier molecular flexibility index (Phi) is 3.14. The van der Waals surface area contributed by atoms with Crippen LogP contribution in [0.1, 0.15) is 5.56 Å². The van der Waals surface area contributed by atoms with Gasteiger partial charge in [0, 0.05) is 6.54 Å². The predicted octanol–water partition coefficient (Wildman–Crippen LogP) is 1.31. The van der Waals surface area contributed by atoms with E-state index in [1.165, 1.54) is 7.11 Å². The van der Waals surface area contributed by atoms with E-state index >= 15 is 0 Å². The summed E-state index contributed by atoms with van der Waals surface area (Å²) in [5, 5.41) is 2.62. The summed E-state index contributed by atoms with van der Waals surface area (Å²) < 4.78 is 14.9. The van der Waals surface area contributed by atoms with Crippen molar-refractivity contribution in [1.29, 1.82) is 0 Å². The molecule has 2 rings (SSSR count). The molecule has 0 radical (unpaired) electrons. The molecule has 0 aliphatic carbocycles. The molecule has 1 aliphatic heterocycles. The van der Waals surface area contributed by atoms with E-state index in [2.05, 4.69) is 10.1 Å². The van der Waals surface area contributed by atoms with Gasteiger partial charge in [0.25, 0.3) is 0 Å². The molecule has 16 heavy (non-hydrogen) atoms. The molecule has 0 bridgehead atoms. The second-order valence-electron chi connectivity index (χ2n) is 3.36. The van der Waals surface area contributed by atoms with Crippen molar-refractivity contribution in [2.24, 2.45) is 0 Å². The summed E-state index contributed by atoms with van der Waals surface area (Å²) in [6, 6.07) is 5.74. The SMILES string of the molecule is COC(=O)NCCc1ccc2c(c1)OCO2. The van der Waals surface area contributed by atoms with Crippen LogP contribution in [0, 0.1) is 0 Å². The van der Waals surface area contributed by atoms with Gasteiger partial charge in [0.1, 0.15) is 0 Å². The molecule has 1 aromatic carbocycles. The van der Waals surface area contributed by atoms with Gasteiger partial charge in [-0.2, -0.15) is 0 Å². The summed E-state index contributed by atoms with van der Waals surface area (Å²) in [6.45, 7) is 0.811. The highest BCUT2D eigenvalue weighted by Gasteiger charge is 2.12. The van der Waals surface area contributed by atoms with E-state index in [4.69, 9.17) is 9.47 Å². The van der Waals surface area contributed by atoms with Gasteiger partial charge in [-0.15, -0.1) is 0 Å². The second-order valence-corrected chi connectivity index (χ2v) is 3.36. The summed E-state index contributed by atoms with van der Waals surface area (Å²) in [5.41, 5.74) is 1.08. The van der Waals surface area contributed by atoms with Gasteiger partial charge < -0.3 is 19.5 Å². The van der Waals surface area contributed by atoms with E-state index in [-0.39, 0.29) is 6.79 Å². The van der Waals surface area contributed by atoms with Crippen LogP contribution in [0.3, 0.4) is 0 Å². The minimum atomic E-state index is -0.416. The zero-order valence-electron chi connectivity index (χ0n) is 8.99. The first kappa shape index (κ1) is 10.6. The van der Waals surface area contributed by atoms with Crippen LogP contribution in [0.4, 0.5) is 4.79 Å². The molecule has 86 valence electrons. The molecule has 0 atom stereocenters. The normalized spacial score (nSPS) is 12.3. The fourth-order valence-corrected chi connectivity index (χ4v) is 1.48. The number of fused-ring (bicyclic) bond motifs is 1. The molecule has 0 saturated heterocycles. The molecule has 5 nitrogen and oxygen atoms in total. The Morgan fingerprint density at radius 1 is 1.44 bits per heavy atom. The second kappa shape index (κ2) is 4.74. The van der Waals surface area contributed by atoms with Gasteiger partial charge in [-0.3, -0.25) is 0 Å². The third-order valence-electron chi connectivity index (χ3n) is 2.31. The van der Waals surface area contributed by atoms with E-state index in [0.29, 0.717) is 6.54 Å². The zero-order chi connectivity index (χ0) is 11.4. The van der Waals surface area contributed by atoms with Crippen LogP contribution in [0.2, 0.25) is 0 Å². The van der Waals surface area contributed by atoms with Crippen molar-refractivity contribution < 1.29 is 19.0 Å². The maximum Gasteiger partial charge on any atom is 0.406 e. The van der Waals surface area contributed by atoms with Crippen molar-refractivity contribution >= 4 is 6.09 Å². The number of rotatable bonds is 3. The minimum Gasteiger partial charge on any atom is -0.454 e. The fourth-order valence-electron chi connectivity index (χ4n) is 1.48. The smallest absolute Gasteiger partial charge is 0.406 e. The number of hydrogen-bond acceptors (Lipinski definition) is 4. The topological polar surface area (TPSA) is 56.8 Å². The Hall–Kier alpha value is -1.91. The number of carbonyl (C=O) groups excluding carboxylic acids is 1. The van der Waals surface area contributed by atoms with Gasteiger partial charge in [0.05, 0.1) is 7.11 Å². The monoisotopic (exact) mass is 223 g/mol. The molecule has 0 fully saturated rings. The molecule has 1 N–H and O–H groups in total. The lowest BCUT2D eigenvalue weighted by Crippen LogP contribution is -2.25. The third kappa shape index (κ3) is 2.36. The average Bonchev–Trinajstić information content (AvgIpc) is 2.76. The number of benzene rings is 1. The first-order valence-corrected chi connectivity index (χ1v) is 5.00. The van der Waals surface area contributed by atoms with Gasteiger partial charge in [0.2, 0.25) is 6.79 Å². The van der Waals surface area contributed by atoms with Crippen LogP contribution < -0.4 is 14.8 Å². The Bertz CT molecular complexity index is 392. The highest BCUT2D eigenvalue weighted by Crippen LogP contribution is 2.32. The number of ether oxygens (including phenoxy) is 3. The molecule has 1 aliphatic rings. The van der Waals surface area contributed by atoms with E-state index in [1.54, 1.807) is 0 Å². The lowest BCUT2D eigenvalue weighted by molar-refractivity contribution is 0.171. The highest BCUT2D eigenvalue weighted by atomic mass is 16.7. The van der Waals surface area contributed by atoms with Gasteiger partial charge in [-0.05, 0) is 24.1 Å². The summed E-state index contributed by atoms with van der Waals surface area (Å²) >= 11 is 0. The first-order chi connectivity index (χ1) is 7.79. The molecule has 1 aromatic rings. The van der Waals surface area contributed by atoms with Crippen LogP contribution >= 0.6 is 0 Å². The number of hydrogen-bond donors (Lipinski definition) is 1. The Morgan fingerprint density at radius 3 is 3.06 bits per heavy atom. The summed E-state index contributed by atoms with van der Waals surface area (Å²) in [6.07, 6.45) is 0.312. The highest BCUT2D eigenvalue weighted by molar-refractivity contribution is 5.66. The zero-order valence-corrected chi connectivity index (χ0v) is 8.99. The minimum absolute atomic E-state index is 0.277. The largest absolute Gasteiger partial charge is 0.454 e. The third-order valence-corrected chi connectivity index (χ3v) is 2.31. The van der Waals surface area contributed by atoms with Crippen molar-refractivity contribution in [3.05, 3.63) is 23.8 Å². The Balaban J connectivity index is 1.88. The summed E-state index contributed by atoms with van der Waals surface area (Å²) in [5.74, 6) is 1.53. The molecule has 0 aromatic heterocycles. The van der Waals surface area contributed by atoms with Crippen LogP contribution in [-0.4, -0.2) is 26.5 Å². The Labute approximate surface area is 93.3 Å². The van der Waals surface area contributed by atoms with Gasteiger partial charge in [-0.1, -0.05) is 6.07 Å². The van der Waals surface area contributed by atoms with Crippen molar-refractivity contribution in [1.82, 2.24) is 5.32 Å². The summed E-state index contributed by atoms with van der Waals surface area (Å²) in [7, 11) is 1.34. The maximum atomic E-state index is 10.8. The van der Waals surface area contributed by atoms with Gasteiger partial charge in [-0.25, -0.2) is 4.79 Å². The van der Waals surface area contributed by atoms with Crippen LogP contribution in [-0.2, 0) is 11.2 Å². The lowest BCUT2D eigenvalue weighted by atomic mass is 10.1. The van der Waals surface area contributed by atoms with E-state index in [0.717, 1.165) is 23.5 Å². The van der Waals surface area contributed by atoms with Crippen molar-refractivity contribution in [2.45, 2.75) is 6.42 Å². The molecular weight excluding hydrogens is 210 g/mol. The number of amides is 1. The molecule has 1 amide bonds. The molecule has 1 heterocycles. The van der Waals surface area contributed by atoms with E-state index in [1.807, 2.05) is 18.2 Å². The Morgan fingerprint density at radius 2 is 2.25 bits per heavy atom.